The lowest BCUT2D eigenvalue weighted by atomic mass is 10.3. The Balaban J connectivity index is 2.43. The van der Waals surface area contributed by atoms with E-state index in [-0.39, 0.29) is 5.69 Å². The van der Waals surface area contributed by atoms with Crippen molar-refractivity contribution >= 4 is 27.4 Å². The average molecular weight is 307 g/mol. The lowest BCUT2D eigenvalue weighted by Gasteiger charge is -2.03. The van der Waals surface area contributed by atoms with Gasteiger partial charge in [0.15, 0.2) is 11.6 Å². The van der Waals surface area contributed by atoms with E-state index in [1.807, 2.05) is 0 Å². The molecule has 3 heterocycles. The monoisotopic (exact) mass is 306 g/mol. The second-order valence-corrected chi connectivity index (χ2v) is 4.39. The predicted molar refractivity (Wildman–Crippen MR) is 67.6 cm³/mol. The first-order chi connectivity index (χ1) is 8.68. The molecule has 0 aromatic carbocycles. The molecule has 0 saturated heterocycles. The summed E-state index contributed by atoms with van der Waals surface area (Å²) in [6.45, 7) is 0. The van der Waals surface area contributed by atoms with E-state index in [1.165, 1.54) is 12.3 Å². The van der Waals surface area contributed by atoms with Crippen molar-refractivity contribution in [2.45, 2.75) is 0 Å². The largest absolute Gasteiger partial charge is 0.477 e. The summed E-state index contributed by atoms with van der Waals surface area (Å²) in [7, 11) is 0. The van der Waals surface area contributed by atoms with E-state index in [4.69, 9.17) is 4.42 Å². The maximum atomic E-state index is 11.3. The fourth-order valence-electron chi connectivity index (χ4n) is 1.84. The SMILES string of the molecule is O=C(O)c1cccc2c(Br)nc(-c3ccco3)n12. The van der Waals surface area contributed by atoms with Crippen LogP contribution in [-0.2, 0) is 0 Å². The minimum absolute atomic E-state index is 0.136. The molecule has 3 aromatic heterocycles. The van der Waals surface area contributed by atoms with Gasteiger partial charge in [-0.25, -0.2) is 9.78 Å². The van der Waals surface area contributed by atoms with Crippen molar-refractivity contribution < 1.29 is 14.3 Å². The van der Waals surface area contributed by atoms with Crippen LogP contribution in [0.1, 0.15) is 10.5 Å². The van der Waals surface area contributed by atoms with E-state index in [1.54, 1.807) is 28.7 Å². The number of halogens is 1. The van der Waals surface area contributed by atoms with Gasteiger partial charge < -0.3 is 9.52 Å². The van der Waals surface area contributed by atoms with Crippen LogP contribution in [0.2, 0.25) is 0 Å². The van der Waals surface area contributed by atoms with Crippen molar-refractivity contribution in [1.82, 2.24) is 9.38 Å². The van der Waals surface area contributed by atoms with Crippen LogP contribution in [0.3, 0.4) is 0 Å². The smallest absolute Gasteiger partial charge is 0.352 e. The van der Waals surface area contributed by atoms with Gasteiger partial charge in [0, 0.05) is 0 Å². The molecular formula is C12H7BrN2O3. The van der Waals surface area contributed by atoms with E-state index < -0.39 is 5.97 Å². The number of hydrogen-bond donors (Lipinski definition) is 1. The molecule has 0 saturated carbocycles. The fourth-order valence-corrected chi connectivity index (χ4v) is 2.31. The number of aromatic nitrogens is 2. The van der Waals surface area contributed by atoms with Crippen molar-refractivity contribution in [3.63, 3.8) is 0 Å². The van der Waals surface area contributed by atoms with Crippen molar-refractivity contribution in [3.05, 3.63) is 46.9 Å². The molecule has 90 valence electrons. The van der Waals surface area contributed by atoms with Gasteiger partial charge in [-0.2, -0.15) is 0 Å². The van der Waals surface area contributed by atoms with Gasteiger partial charge in [-0.05, 0) is 40.2 Å². The molecule has 6 heteroatoms. The average Bonchev–Trinajstić information content (AvgIpc) is 2.97. The quantitative estimate of drug-likeness (QED) is 0.790. The van der Waals surface area contributed by atoms with Crippen LogP contribution in [0.15, 0.2) is 45.6 Å². The lowest BCUT2D eigenvalue weighted by Crippen LogP contribution is -2.05. The molecule has 3 rings (SSSR count). The van der Waals surface area contributed by atoms with E-state index in [0.717, 1.165) is 0 Å². The third kappa shape index (κ3) is 1.53. The summed E-state index contributed by atoms with van der Waals surface area (Å²) in [6, 6.07) is 8.45. The van der Waals surface area contributed by atoms with Crippen LogP contribution in [0.5, 0.6) is 0 Å². The van der Waals surface area contributed by atoms with Gasteiger partial charge >= 0.3 is 5.97 Å². The number of carboxylic acids is 1. The van der Waals surface area contributed by atoms with E-state index in [0.29, 0.717) is 21.7 Å². The summed E-state index contributed by atoms with van der Waals surface area (Å²) < 4.78 is 7.41. The maximum Gasteiger partial charge on any atom is 0.352 e. The molecule has 0 spiro atoms. The molecule has 0 amide bonds. The van der Waals surface area contributed by atoms with E-state index in [2.05, 4.69) is 20.9 Å². The number of carboxylic acid groups (broad SMARTS) is 1. The third-order valence-electron chi connectivity index (χ3n) is 2.58. The Kier molecular flexibility index (Phi) is 2.45. The van der Waals surface area contributed by atoms with Crippen LogP contribution in [0.4, 0.5) is 0 Å². The number of rotatable bonds is 2. The first kappa shape index (κ1) is 11.0. The molecular weight excluding hydrogens is 300 g/mol. The first-order valence-corrected chi connectivity index (χ1v) is 5.92. The topological polar surface area (TPSA) is 67.7 Å². The van der Waals surface area contributed by atoms with Crippen molar-refractivity contribution in [2.75, 3.05) is 0 Å². The minimum Gasteiger partial charge on any atom is -0.477 e. The molecule has 0 radical (unpaired) electrons. The second kappa shape index (κ2) is 3.99. The summed E-state index contributed by atoms with van der Waals surface area (Å²) in [5.41, 5.74) is 0.818. The van der Waals surface area contributed by atoms with E-state index >= 15 is 0 Å². The predicted octanol–water partition coefficient (Wildman–Crippen LogP) is 3.06. The van der Waals surface area contributed by atoms with Crippen LogP contribution in [0.25, 0.3) is 17.1 Å². The van der Waals surface area contributed by atoms with Crippen molar-refractivity contribution in [2.24, 2.45) is 0 Å². The van der Waals surface area contributed by atoms with Crippen LogP contribution in [0, 0.1) is 0 Å². The molecule has 18 heavy (non-hydrogen) atoms. The Morgan fingerprint density at radius 1 is 1.33 bits per heavy atom. The number of nitrogens with zero attached hydrogens (tertiary/aromatic N) is 2. The number of imidazole rings is 1. The maximum absolute atomic E-state index is 11.3. The fraction of sp³-hybridized carbons (Fsp3) is 0. The zero-order valence-electron chi connectivity index (χ0n) is 9.00. The number of hydrogen-bond acceptors (Lipinski definition) is 3. The normalized spacial score (nSPS) is 10.9. The highest BCUT2D eigenvalue weighted by atomic mass is 79.9. The summed E-state index contributed by atoms with van der Waals surface area (Å²) >= 11 is 3.32. The third-order valence-corrected chi connectivity index (χ3v) is 3.16. The number of furan rings is 1. The Bertz CT molecular complexity index is 731. The molecule has 0 aliphatic heterocycles. The molecule has 0 atom stereocenters. The molecule has 0 unspecified atom stereocenters. The molecule has 0 fully saturated rings. The van der Waals surface area contributed by atoms with Gasteiger partial charge in [0.05, 0.1) is 11.8 Å². The minimum atomic E-state index is -1.02. The van der Waals surface area contributed by atoms with Gasteiger partial charge in [-0.15, -0.1) is 0 Å². The summed E-state index contributed by atoms with van der Waals surface area (Å²) in [5.74, 6) is -0.0393. The van der Waals surface area contributed by atoms with Gasteiger partial charge in [0.1, 0.15) is 10.3 Å². The van der Waals surface area contributed by atoms with Crippen LogP contribution >= 0.6 is 15.9 Å². The number of fused-ring (bicyclic) bond motifs is 1. The highest BCUT2D eigenvalue weighted by molar-refractivity contribution is 9.10. The van der Waals surface area contributed by atoms with Gasteiger partial charge in [0.2, 0.25) is 0 Å². The van der Waals surface area contributed by atoms with Crippen molar-refractivity contribution in [1.29, 1.82) is 0 Å². The second-order valence-electron chi connectivity index (χ2n) is 3.64. The molecule has 0 aliphatic carbocycles. The van der Waals surface area contributed by atoms with Crippen LogP contribution < -0.4 is 0 Å². The molecule has 0 bridgehead atoms. The lowest BCUT2D eigenvalue weighted by molar-refractivity contribution is 0.0689. The molecule has 5 nitrogen and oxygen atoms in total. The summed E-state index contributed by atoms with van der Waals surface area (Å²) in [5, 5.41) is 9.22. The number of carbonyl (C=O) groups is 1. The highest BCUT2D eigenvalue weighted by Crippen LogP contribution is 2.27. The van der Waals surface area contributed by atoms with Gasteiger partial charge in [-0.1, -0.05) is 6.07 Å². The molecule has 0 aliphatic rings. The standard InChI is InChI=1S/C12H7BrN2O3/c13-10-7-3-1-4-8(12(16)17)15(7)11(14-10)9-5-2-6-18-9/h1-6H,(H,16,17). The Morgan fingerprint density at radius 2 is 2.17 bits per heavy atom. The number of pyridine rings is 1. The van der Waals surface area contributed by atoms with E-state index in [9.17, 15) is 9.90 Å². The van der Waals surface area contributed by atoms with Gasteiger partial charge in [-0.3, -0.25) is 4.40 Å². The number of aromatic carboxylic acids is 1. The zero-order chi connectivity index (χ0) is 12.7. The molecule has 1 N–H and O–H groups in total. The Hall–Kier alpha value is -2.08. The Labute approximate surface area is 110 Å². The Morgan fingerprint density at radius 3 is 2.83 bits per heavy atom. The zero-order valence-corrected chi connectivity index (χ0v) is 10.6. The highest BCUT2D eigenvalue weighted by Gasteiger charge is 2.18. The first-order valence-electron chi connectivity index (χ1n) is 5.12. The summed E-state index contributed by atoms with van der Waals surface area (Å²) in [4.78, 5) is 15.5. The van der Waals surface area contributed by atoms with Crippen LogP contribution in [-0.4, -0.2) is 20.5 Å². The molecule has 3 aromatic rings. The van der Waals surface area contributed by atoms with Gasteiger partial charge in [0.25, 0.3) is 0 Å². The summed E-state index contributed by atoms with van der Waals surface area (Å²) in [6.07, 6.45) is 1.52. The van der Waals surface area contributed by atoms with Crippen molar-refractivity contribution in [3.8, 4) is 11.6 Å².